The summed E-state index contributed by atoms with van der Waals surface area (Å²) >= 11 is 0. The molecule has 1 saturated carbocycles. The predicted molar refractivity (Wildman–Crippen MR) is 105 cm³/mol. The average molecular weight is 425 g/mol. The Hall–Kier alpha value is -2.79. The number of benzene rings is 1. The van der Waals surface area contributed by atoms with Gasteiger partial charge in [-0.2, -0.15) is 0 Å². The van der Waals surface area contributed by atoms with E-state index in [1.54, 1.807) is 0 Å². The first kappa shape index (κ1) is 21.9. The van der Waals surface area contributed by atoms with Crippen molar-refractivity contribution in [1.29, 1.82) is 0 Å². The maximum Gasteiger partial charge on any atom is 0.315 e. The molecule has 5 N–H and O–H groups in total. The third kappa shape index (κ3) is 5.22. The number of ether oxygens (including phenoxy) is 1. The van der Waals surface area contributed by atoms with Crippen molar-refractivity contribution in [1.82, 2.24) is 10.6 Å². The van der Waals surface area contributed by atoms with Gasteiger partial charge in [-0.1, -0.05) is 0 Å². The molecule has 0 aromatic heterocycles. The quantitative estimate of drug-likeness (QED) is 0.521. The molecule has 0 unspecified atom stereocenters. The Balaban J connectivity index is 1.69. The summed E-state index contributed by atoms with van der Waals surface area (Å²) in [6.07, 6.45) is -0.0953. The zero-order valence-electron chi connectivity index (χ0n) is 16.3. The van der Waals surface area contributed by atoms with E-state index in [1.807, 2.05) is 0 Å². The van der Waals surface area contributed by atoms with Crippen molar-refractivity contribution in [3.05, 3.63) is 23.8 Å². The van der Waals surface area contributed by atoms with Crippen LogP contribution >= 0.6 is 0 Å². The molecule has 1 saturated heterocycles. The van der Waals surface area contributed by atoms with Crippen molar-refractivity contribution in [3.8, 4) is 0 Å². The Bertz CT molecular complexity index is 803. The molecule has 1 aliphatic heterocycles. The van der Waals surface area contributed by atoms with Crippen molar-refractivity contribution in [2.45, 2.75) is 37.8 Å². The minimum absolute atomic E-state index is 0.0763. The topological polar surface area (TPSA) is 126 Å². The van der Waals surface area contributed by atoms with Crippen LogP contribution in [0, 0.1) is 0 Å². The van der Waals surface area contributed by atoms with E-state index in [9.17, 15) is 23.2 Å². The number of halogens is 2. The second kappa shape index (κ2) is 9.81. The molecule has 11 heteroatoms. The van der Waals surface area contributed by atoms with Gasteiger partial charge in [0.05, 0.1) is 6.61 Å². The van der Waals surface area contributed by atoms with E-state index in [0.717, 1.165) is 25.3 Å². The summed E-state index contributed by atoms with van der Waals surface area (Å²) in [5.74, 6) is -1.04. The van der Waals surface area contributed by atoms with E-state index in [2.05, 4.69) is 16.0 Å². The zero-order valence-corrected chi connectivity index (χ0v) is 16.3. The van der Waals surface area contributed by atoms with Gasteiger partial charge in [0, 0.05) is 36.1 Å². The van der Waals surface area contributed by atoms with Crippen molar-refractivity contribution >= 4 is 29.2 Å². The van der Waals surface area contributed by atoms with E-state index < -0.39 is 30.0 Å². The predicted octanol–water partition coefficient (Wildman–Crippen LogP) is 1.10. The number of amides is 4. The van der Waals surface area contributed by atoms with Crippen LogP contribution in [0.1, 0.15) is 31.3 Å². The van der Waals surface area contributed by atoms with Crippen molar-refractivity contribution in [3.63, 3.8) is 0 Å². The van der Waals surface area contributed by atoms with E-state index in [4.69, 9.17) is 10.5 Å². The van der Waals surface area contributed by atoms with Crippen LogP contribution in [0.2, 0.25) is 0 Å². The Labute approximate surface area is 172 Å². The molecule has 4 amide bonds. The van der Waals surface area contributed by atoms with Crippen LogP contribution in [0.3, 0.4) is 0 Å². The largest absolute Gasteiger partial charge is 0.370 e. The van der Waals surface area contributed by atoms with Gasteiger partial charge in [0.2, 0.25) is 5.91 Å². The summed E-state index contributed by atoms with van der Waals surface area (Å²) in [5, 5.41) is 7.59. The molecule has 1 atom stereocenters. The van der Waals surface area contributed by atoms with Crippen molar-refractivity contribution < 1.29 is 27.9 Å². The minimum Gasteiger partial charge on any atom is -0.370 e. The van der Waals surface area contributed by atoms with Crippen LogP contribution in [0.5, 0.6) is 0 Å². The third-order valence-corrected chi connectivity index (χ3v) is 5.12. The Morgan fingerprint density at radius 2 is 2.07 bits per heavy atom. The molecule has 1 aliphatic carbocycles. The molecule has 2 aliphatic rings. The fourth-order valence-electron chi connectivity index (χ4n) is 3.19. The summed E-state index contributed by atoms with van der Waals surface area (Å²) < 4.78 is 32.3. The van der Waals surface area contributed by atoms with Gasteiger partial charge in [-0.25, -0.2) is 13.6 Å². The normalized spacial score (nSPS) is 18.0. The first-order valence-corrected chi connectivity index (χ1v) is 9.77. The van der Waals surface area contributed by atoms with E-state index in [1.165, 1.54) is 17.0 Å². The molecule has 1 heterocycles. The number of alkyl halides is 2. The van der Waals surface area contributed by atoms with E-state index in [-0.39, 0.29) is 37.3 Å². The lowest BCUT2D eigenvalue weighted by atomic mass is 9.93. The second-order valence-corrected chi connectivity index (χ2v) is 7.19. The number of morpholine rings is 1. The second-order valence-electron chi connectivity index (χ2n) is 7.19. The molecule has 30 heavy (non-hydrogen) atoms. The molecular weight excluding hydrogens is 400 g/mol. The molecule has 3 rings (SSSR count). The highest BCUT2D eigenvalue weighted by Gasteiger charge is 2.26. The Morgan fingerprint density at radius 1 is 1.30 bits per heavy atom. The Kier molecular flexibility index (Phi) is 7.16. The highest BCUT2D eigenvalue weighted by atomic mass is 19.3. The van der Waals surface area contributed by atoms with Crippen molar-refractivity contribution in [2.75, 3.05) is 36.5 Å². The van der Waals surface area contributed by atoms with Crippen LogP contribution in [-0.4, -0.2) is 56.2 Å². The third-order valence-electron chi connectivity index (χ3n) is 5.12. The average Bonchev–Trinajstić information content (AvgIpc) is 2.69. The monoisotopic (exact) mass is 425 g/mol. The Morgan fingerprint density at radius 3 is 2.67 bits per heavy atom. The molecule has 0 bridgehead atoms. The van der Waals surface area contributed by atoms with Crippen molar-refractivity contribution in [2.24, 2.45) is 5.73 Å². The lowest BCUT2D eigenvalue weighted by Crippen LogP contribution is -2.54. The summed E-state index contributed by atoms with van der Waals surface area (Å²) in [6, 6.07) is 2.40. The number of hydrogen-bond donors (Lipinski definition) is 4. The molecule has 1 aromatic rings. The number of carbonyl (C=O) groups excluding carboxylic acids is 3. The number of nitrogens with two attached hydrogens (primary N) is 1. The summed E-state index contributed by atoms with van der Waals surface area (Å²) in [4.78, 5) is 37.8. The lowest BCUT2D eigenvalue weighted by Gasteiger charge is -2.28. The van der Waals surface area contributed by atoms with Crippen LogP contribution < -0.4 is 26.6 Å². The molecule has 0 radical (unpaired) electrons. The lowest BCUT2D eigenvalue weighted by molar-refractivity contribution is -0.125. The molecule has 0 spiro atoms. The number of nitrogens with one attached hydrogen (secondary N) is 3. The van der Waals surface area contributed by atoms with Gasteiger partial charge in [-0.05, 0) is 37.5 Å². The minimum atomic E-state index is -2.89. The highest BCUT2D eigenvalue weighted by Crippen LogP contribution is 2.32. The summed E-state index contributed by atoms with van der Waals surface area (Å²) in [5.41, 5.74) is 5.33. The van der Waals surface area contributed by atoms with Gasteiger partial charge in [0.25, 0.3) is 12.3 Å². The number of urea groups is 1. The summed E-state index contributed by atoms with van der Waals surface area (Å²) in [7, 11) is 0. The molecule has 1 aromatic carbocycles. The van der Waals surface area contributed by atoms with Gasteiger partial charge in [-0.15, -0.1) is 0 Å². The van der Waals surface area contributed by atoms with Gasteiger partial charge in [0.15, 0.2) is 0 Å². The maximum atomic E-state index is 13.6. The fourth-order valence-corrected chi connectivity index (χ4v) is 3.19. The molecule has 2 fully saturated rings. The number of rotatable bonds is 7. The molecule has 9 nitrogen and oxygen atoms in total. The van der Waals surface area contributed by atoms with E-state index in [0.29, 0.717) is 12.3 Å². The van der Waals surface area contributed by atoms with Crippen LogP contribution in [0.4, 0.5) is 25.0 Å². The van der Waals surface area contributed by atoms with Gasteiger partial charge < -0.3 is 31.3 Å². The SMILES string of the molecule is NC[C@@H](NC(=O)NC1CCC1)C(=O)Nc1ccc(N2CCOCC2=O)cc1C(F)F. The highest BCUT2D eigenvalue weighted by molar-refractivity contribution is 5.99. The van der Waals surface area contributed by atoms with Crippen LogP contribution in [0.15, 0.2) is 18.2 Å². The fraction of sp³-hybridized carbons (Fsp3) is 0.526. The standard InChI is InChI=1S/C19H25F2N5O4/c20-17(21)13-8-12(26-6-7-30-10-16(26)27)4-5-14(13)24-18(28)15(9-22)25-19(29)23-11-2-1-3-11/h4-5,8,11,15,17H,1-3,6-7,9-10,22H2,(H,24,28)(H2,23,25,29)/t15-/m1/s1. The first-order valence-electron chi connectivity index (χ1n) is 9.77. The molecule has 164 valence electrons. The van der Waals surface area contributed by atoms with Crippen LogP contribution in [0.25, 0.3) is 0 Å². The maximum absolute atomic E-state index is 13.6. The van der Waals surface area contributed by atoms with Gasteiger partial charge >= 0.3 is 6.03 Å². The first-order chi connectivity index (χ1) is 14.4. The smallest absolute Gasteiger partial charge is 0.315 e. The molecular formula is C19H25F2N5O4. The zero-order chi connectivity index (χ0) is 21.7. The summed E-state index contributed by atoms with van der Waals surface area (Å²) in [6.45, 7) is 0.243. The number of nitrogens with zero attached hydrogens (tertiary/aromatic N) is 1. The number of hydrogen-bond acceptors (Lipinski definition) is 5. The number of anilines is 2. The van der Waals surface area contributed by atoms with Crippen LogP contribution in [-0.2, 0) is 14.3 Å². The van der Waals surface area contributed by atoms with E-state index >= 15 is 0 Å². The van der Waals surface area contributed by atoms with Gasteiger partial charge in [-0.3, -0.25) is 9.59 Å². The number of carbonyl (C=O) groups is 3. The van der Waals surface area contributed by atoms with Gasteiger partial charge in [0.1, 0.15) is 12.6 Å².